The second kappa shape index (κ2) is 11.8. The molecule has 0 aliphatic carbocycles. The molecule has 8 aromatic carbocycles. The average Bonchev–Trinajstić information content (AvgIpc) is 3.73. The van der Waals surface area contributed by atoms with Gasteiger partial charge in [-0.2, -0.15) is 0 Å². The first-order valence-corrected chi connectivity index (χ1v) is 18.9. The van der Waals surface area contributed by atoms with Crippen LogP contribution >= 0.6 is 11.8 Å². The Morgan fingerprint density at radius 3 is 1.19 bits per heavy atom. The Bertz CT molecular complexity index is 2840. The number of fused-ring (bicyclic) bond motifs is 8. The molecule has 0 saturated carbocycles. The third kappa shape index (κ3) is 4.69. The Labute approximate surface area is 312 Å². The standard InChI is InChI=1S/C49H33N3S/c1-50-46-26-22-34(32-20-24-44-40(28-32)38-16-8-10-18-42(38)51(44)36-12-4-2-5-13-36)30-48(46)53-49-31-35(23-27-47(49)50)33-21-25-45-41(29-33)39-17-9-11-19-43(39)52(45)37-14-6-3-7-15-37/h2-31H,1H3. The third-order valence-corrected chi connectivity index (χ3v) is 12.0. The van der Waals surface area contributed by atoms with Gasteiger partial charge in [0.15, 0.2) is 0 Å². The lowest BCUT2D eigenvalue weighted by molar-refractivity contribution is 1.11. The van der Waals surface area contributed by atoms with Crippen LogP contribution in [0.5, 0.6) is 0 Å². The number of rotatable bonds is 4. The molecule has 2 aromatic heterocycles. The van der Waals surface area contributed by atoms with Crippen molar-refractivity contribution in [3.8, 4) is 33.6 Å². The molecule has 250 valence electrons. The quantitative estimate of drug-likeness (QED) is 0.182. The minimum atomic E-state index is 1.18. The summed E-state index contributed by atoms with van der Waals surface area (Å²) in [6.07, 6.45) is 0. The number of benzene rings is 8. The predicted molar refractivity (Wildman–Crippen MR) is 225 cm³/mol. The minimum Gasteiger partial charge on any atom is -0.343 e. The van der Waals surface area contributed by atoms with Crippen molar-refractivity contribution in [3.63, 3.8) is 0 Å². The lowest BCUT2D eigenvalue weighted by Crippen LogP contribution is -2.14. The SMILES string of the molecule is CN1c2ccc(-c3ccc4c(c3)c3ccccc3n4-c3ccccc3)cc2Sc2cc(-c3ccc4c(c3)c3ccccc3n4-c3ccccc3)ccc21. The molecule has 0 atom stereocenters. The van der Waals surface area contributed by atoms with E-state index in [1.807, 2.05) is 11.8 Å². The molecule has 1 aliphatic heterocycles. The van der Waals surface area contributed by atoms with Gasteiger partial charge in [0.2, 0.25) is 0 Å². The van der Waals surface area contributed by atoms with E-state index < -0.39 is 0 Å². The van der Waals surface area contributed by atoms with Gasteiger partial charge in [-0.3, -0.25) is 0 Å². The van der Waals surface area contributed by atoms with Crippen molar-refractivity contribution in [2.24, 2.45) is 0 Å². The van der Waals surface area contributed by atoms with Gasteiger partial charge in [0.25, 0.3) is 0 Å². The van der Waals surface area contributed by atoms with E-state index in [1.54, 1.807) is 0 Å². The van der Waals surface area contributed by atoms with E-state index in [0.717, 1.165) is 0 Å². The Morgan fingerprint density at radius 1 is 0.340 bits per heavy atom. The van der Waals surface area contributed by atoms with Crippen LogP contribution in [0.3, 0.4) is 0 Å². The van der Waals surface area contributed by atoms with E-state index in [1.165, 1.54) is 98.4 Å². The van der Waals surface area contributed by atoms with Crippen molar-refractivity contribution in [3.05, 3.63) is 182 Å². The van der Waals surface area contributed by atoms with Crippen LogP contribution in [0.1, 0.15) is 0 Å². The second-order valence-electron chi connectivity index (χ2n) is 13.9. The molecule has 0 saturated heterocycles. The molecule has 1 aliphatic rings. The van der Waals surface area contributed by atoms with E-state index in [-0.39, 0.29) is 0 Å². The van der Waals surface area contributed by atoms with Crippen molar-refractivity contribution >= 4 is 66.7 Å². The molecule has 3 nitrogen and oxygen atoms in total. The van der Waals surface area contributed by atoms with Crippen molar-refractivity contribution in [2.45, 2.75) is 9.79 Å². The van der Waals surface area contributed by atoms with Gasteiger partial charge < -0.3 is 14.0 Å². The highest BCUT2D eigenvalue weighted by molar-refractivity contribution is 7.99. The molecule has 0 fully saturated rings. The highest BCUT2D eigenvalue weighted by atomic mass is 32.2. The van der Waals surface area contributed by atoms with Crippen molar-refractivity contribution in [2.75, 3.05) is 11.9 Å². The molecular weight excluding hydrogens is 663 g/mol. The van der Waals surface area contributed by atoms with Gasteiger partial charge in [0, 0.05) is 49.8 Å². The number of hydrogen-bond donors (Lipinski definition) is 0. The van der Waals surface area contributed by atoms with Crippen molar-refractivity contribution < 1.29 is 0 Å². The second-order valence-corrected chi connectivity index (χ2v) is 14.9. The molecule has 4 heteroatoms. The zero-order chi connectivity index (χ0) is 35.0. The summed E-state index contributed by atoms with van der Waals surface area (Å²) < 4.78 is 4.75. The Hall–Kier alpha value is -6.49. The first kappa shape index (κ1) is 30.2. The minimum absolute atomic E-state index is 1.18. The summed E-state index contributed by atoms with van der Waals surface area (Å²) in [5.74, 6) is 0. The Kier molecular flexibility index (Phi) is 6.70. The van der Waals surface area contributed by atoms with Gasteiger partial charge in [-0.05, 0) is 107 Å². The number of hydrogen-bond acceptors (Lipinski definition) is 2. The van der Waals surface area contributed by atoms with Crippen molar-refractivity contribution in [1.82, 2.24) is 9.13 Å². The molecule has 10 aromatic rings. The summed E-state index contributed by atoms with van der Waals surface area (Å²) in [5.41, 5.74) is 14.6. The highest BCUT2D eigenvalue weighted by Crippen LogP contribution is 2.50. The number of para-hydroxylation sites is 4. The number of anilines is 2. The number of nitrogens with zero attached hydrogens (tertiary/aromatic N) is 3. The van der Waals surface area contributed by atoms with Crippen LogP contribution < -0.4 is 4.90 Å². The lowest BCUT2D eigenvalue weighted by atomic mass is 10.0. The van der Waals surface area contributed by atoms with Crippen LogP contribution in [-0.4, -0.2) is 16.2 Å². The van der Waals surface area contributed by atoms with Gasteiger partial charge in [-0.15, -0.1) is 0 Å². The summed E-state index contributed by atoms with van der Waals surface area (Å²) in [5, 5.41) is 5.07. The average molecular weight is 696 g/mol. The molecule has 3 heterocycles. The summed E-state index contributed by atoms with van der Waals surface area (Å²) in [6, 6.07) is 66.5. The summed E-state index contributed by atoms with van der Waals surface area (Å²) >= 11 is 1.87. The molecule has 11 rings (SSSR count). The third-order valence-electron chi connectivity index (χ3n) is 10.9. The fourth-order valence-electron chi connectivity index (χ4n) is 8.37. The number of aromatic nitrogens is 2. The summed E-state index contributed by atoms with van der Waals surface area (Å²) in [7, 11) is 2.19. The Balaban J connectivity index is 0.975. The van der Waals surface area contributed by atoms with Crippen molar-refractivity contribution in [1.29, 1.82) is 0 Å². The van der Waals surface area contributed by atoms with E-state index in [4.69, 9.17) is 0 Å². The van der Waals surface area contributed by atoms with Gasteiger partial charge >= 0.3 is 0 Å². The molecule has 0 spiro atoms. The summed E-state index contributed by atoms with van der Waals surface area (Å²) in [6.45, 7) is 0. The van der Waals surface area contributed by atoms with E-state index in [9.17, 15) is 0 Å². The van der Waals surface area contributed by atoms with E-state index in [2.05, 4.69) is 203 Å². The monoisotopic (exact) mass is 695 g/mol. The largest absolute Gasteiger partial charge is 0.343 e. The van der Waals surface area contributed by atoms with E-state index >= 15 is 0 Å². The maximum Gasteiger partial charge on any atom is 0.0550 e. The fourth-order valence-corrected chi connectivity index (χ4v) is 9.60. The maximum absolute atomic E-state index is 2.37. The first-order valence-electron chi connectivity index (χ1n) is 18.1. The predicted octanol–water partition coefficient (Wildman–Crippen LogP) is 13.4. The lowest BCUT2D eigenvalue weighted by Gasteiger charge is -2.30. The van der Waals surface area contributed by atoms with E-state index in [0.29, 0.717) is 0 Å². The van der Waals surface area contributed by atoms with Crippen LogP contribution in [0.2, 0.25) is 0 Å². The van der Waals surface area contributed by atoms with Gasteiger partial charge in [-0.1, -0.05) is 109 Å². The zero-order valence-electron chi connectivity index (χ0n) is 29.1. The smallest absolute Gasteiger partial charge is 0.0550 e. The zero-order valence-corrected chi connectivity index (χ0v) is 29.9. The molecular formula is C49H33N3S. The van der Waals surface area contributed by atoms with Crippen LogP contribution in [0, 0.1) is 0 Å². The molecule has 53 heavy (non-hydrogen) atoms. The van der Waals surface area contributed by atoms with Gasteiger partial charge in [0.1, 0.15) is 0 Å². The topological polar surface area (TPSA) is 13.1 Å². The fraction of sp³-hybridized carbons (Fsp3) is 0.0204. The first-order chi connectivity index (χ1) is 26.2. The Morgan fingerprint density at radius 2 is 0.717 bits per heavy atom. The molecule has 0 N–H and O–H groups in total. The van der Waals surface area contributed by atoms with Gasteiger partial charge in [-0.25, -0.2) is 0 Å². The summed E-state index contributed by atoms with van der Waals surface area (Å²) in [4.78, 5) is 4.87. The normalized spacial score (nSPS) is 12.5. The van der Waals surface area contributed by atoms with Gasteiger partial charge in [0.05, 0.1) is 33.4 Å². The molecule has 0 amide bonds. The van der Waals surface area contributed by atoms with Crippen LogP contribution in [0.25, 0.3) is 77.2 Å². The van der Waals surface area contributed by atoms with Crippen LogP contribution in [0.15, 0.2) is 192 Å². The molecule has 0 bridgehead atoms. The highest BCUT2D eigenvalue weighted by Gasteiger charge is 2.23. The van der Waals surface area contributed by atoms with Crippen LogP contribution in [-0.2, 0) is 0 Å². The molecule has 0 unspecified atom stereocenters. The molecule has 0 radical (unpaired) electrons. The maximum atomic E-state index is 2.37. The van der Waals surface area contributed by atoms with Crippen LogP contribution in [0.4, 0.5) is 11.4 Å².